The highest BCUT2D eigenvalue weighted by Crippen LogP contribution is 2.33. The van der Waals surface area contributed by atoms with Crippen LogP contribution in [0.15, 0.2) is 48.5 Å². The molecule has 0 N–H and O–H groups in total. The fourth-order valence-electron chi connectivity index (χ4n) is 2.54. The number of nitro groups is 1. The average molecular weight is 328 g/mol. The van der Waals surface area contributed by atoms with Crippen molar-refractivity contribution in [2.24, 2.45) is 0 Å². The van der Waals surface area contributed by atoms with Gasteiger partial charge in [-0.3, -0.25) is 14.9 Å². The second-order valence-electron chi connectivity index (χ2n) is 5.44. The Kier molecular flexibility index (Phi) is 4.33. The summed E-state index contributed by atoms with van der Waals surface area (Å²) in [5.74, 6) is 0.705. The molecule has 0 aromatic heterocycles. The van der Waals surface area contributed by atoms with E-state index in [-0.39, 0.29) is 30.1 Å². The molecule has 7 heteroatoms. The van der Waals surface area contributed by atoms with Gasteiger partial charge in [0.25, 0.3) is 11.6 Å². The van der Waals surface area contributed by atoms with Crippen LogP contribution >= 0.6 is 0 Å². The van der Waals surface area contributed by atoms with Gasteiger partial charge in [-0.25, -0.2) is 0 Å². The molecule has 1 aliphatic heterocycles. The predicted molar refractivity (Wildman–Crippen MR) is 87.5 cm³/mol. The third-order valence-electron chi connectivity index (χ3n) is 3.62. The average Bonchev–Trinajstić information content (AvgIpc) is 2.59. The molecule has 0 aliphatic carbocycles. The number of carbonyl (C=O) groups excluding carboxylic acids is 1. The summed E-state index contributed by atoms with van der Waals surface area (Å²) >= 11 is 0. The van der Waals surface area contributed by atoms with E-state index in [4.69, 9.17) is 9.47 Å². The number of anilines is 1. The zero-order valence-corrected chi connectivity index (χ0v) is 13.0. The van der Waals surface area contributed by atoms with Gasteiger partial charge in [-0.2, -0.15) is 0 Å². The van der Waals surface area contributed by atoms with Gasteiger partial charge < -0.3 is 14.4 Å². The Morgan fingerprint density at radius 2 is 2.12 bits per heavy atom. The van der Waals surface area contributed by atoms with E-state index < -0.39 is 4.92 Å². The quantitative estimate of drug-likeness (QED) is 0.637. The fourth-order valence-corrected chi connectivity index (χ4v) is 2.54. The molecular weight excluding hydrogens is 312 g/mol. The standard InChI is InChI=1S/C17H16N2O5/c1-12-10-18(15-7-2-3-8-16(15)24-12)17(20)11-23-14-6-4-5-13(9-14)19(21)22/h2-9,12H,10-11H2,1H3. The molecule has 7 nitrogen and oxygen atoms in total. The van der Waals surface area contributed by atoms with Gasteiger partial charge in [-0.05, 0) is 25.1 Å². The van der Waals surface area contributed by atoms with E-state index in [1.807, 2.05) is 31.2 Å². The minimum absolute atomic E-state index is 0.0784. The van der Waals surface area contributed by atoms with Crippen molar-refractivity contribution in [2.45, 2.75) is 13.0 Å². The number of hydrogen-bond acceptors (Lipinski definition) is 5. The number of carbonyl (C=O) groups is 1. The van der Waals surface area contributed by atoms with Gasteiger partial charge in [0, 0.05) is 6.07 Å². The summed E-state index contributed by atoms with van der Waals surface area (Å²) in [5.41, 5.74) is 0.619. The van der Waals surface area contributed by atoms with Crippen molar-refractivity contribution in [1.29, 1.82) is 0 Å². The monoisotopic (exact) mass is 328 g/mol. The van der Waals surface area contributed by atoms with Crippen molar-refractivity contribution in [1.82, 2.24) is 0 Å². The first kappa shape index (κ1) is 15.8. The summed E-state index contributed by atoms with van der Waals surface area (Å²) < 4.78 is 11.1. The normalized spacial score (nSPS) is 16.0. The molecule has 0 fully saturated rings. The van der Waals surface area contributed by atoms with Gasteiger partial charge in [-0.15, -0.1) is 0 Å². The lowest BCUT2D eigenvalue weighted by molar-refractivity contribution is -0.384. The summed E-state index contributed by atoms with van der Waals surface area (Å²) in [7, 11) is 0. The van der Waals surface area contributed by atoms with E-state index in [1.54, 1.807) is 11.0 Å². The number of benzene rings is 2. The third-order valence-corrected chi connectivity index (χ3v) is 3.62. The maximum Gasteiger partial charge on any atom is 0.273 e. The van der Waals surface area contributed by atoms with Crippen LogP contribution in [0, 0.1) is 10.1 Å². The van der Waals surface area contributed by atoms with Gasteiger partial charge in [0.15, 0.2) is 6.61 Å². The molecule has 2 aromatic carbocycles. The number of non-ortho nitro benzene ring substituents is 1. The Bertz CT molecular complexity index is 777. The first-order valence-corrected chi connectivity index (χ1v) is 7.48. The molecule has 1 atom stereocenters. The summed E-state index contributed by atoms with van der Waals surface area (Å²) in [6, 6.07) is 13.1. The molecular formula is C17H16N2O5. The minimum atomic E-state index is -0.505. The highest BCUT2D eigenvalue weighted by atomic mass is 16.6. The maximum atomic E-state index is 12.5. The lowest BCUT2D eigenvalue weighted by atomic mass is 10.2. The molecule has 0 saturated heterocycles. The third kappa shape index (κ3) is 3.29. The van der Waals surface area contributed by atoms with Crippen molar-refractivity contribution in [2.75, 3.05) is 18.1 Å². The number of nitro benzene ring substituents is 1. The second kappa shape index (κ2) is 6.57. The number of rotatable bonds is 4. The van der Waals surface area contributed by atoms with Gasteiger partial charge in [0.2, 0.25) is 0 Å². The lowest BCUT2D eigenvalue weighted by Gasteiger charge is -2.33. The Hall–Kier alpha value is -3.09. The number of fused-ring (bicyclic) bond motifs is 1. The zero-order chi connectivity index (χ0) is 17.1. The van der Waals surface area contributed by atoms with Crippen LogP contribution in [0.5, 0.6) is 11.5 Å². The molecule has 0 bridgehead atoms. The summed E-state index contributed by atoms with van der Waals surface area (Å²) in [4.78, 5) is 24.4. The molecule has 0 saturated carbocycles. The van der Waals surface area contributed by atoms with Crippen LogP contribution in [0.3, 0.4) is 0 Å². The predicted octanol–water partition coefficient (Wildman–Crippen LogP) is 2.79. The molecule has 124 valence electrons. The van der Waals surface area contributed by atoms with Crippen LogP contribution in [0.2, 0.25) is 0 Å². The van der Waals surface area contributed by atoms with Crippen molar-refractivity contribution in [3.05, 3.63) is 58.6 Å². The highest BCUT2D eigenvalue weighted by molar-refractivity contribution is 5.96. The van der Waals surface area contributed by atoms with Crippen LogP contribution in [0.25, 0.3) is 0 Å². The number of hydrogen-bond donors (Lipinski definition) is 0. The second-order valence-corrected chi connectivity index (χ2v) is 5.44. The molecule has 2 aromatic rings. The molecule has 0 spiro atoms. The summed E-state index contributed by atoms with van der Waals surface area (Å²) in [6.45, 7) is 2.11. The van der Waals surface area contributed by atoms with Crippen molar-refractivity contribution in [3.8, 4) is 11.5 Å². The zero-order valence-electron chi connectivity index (χ0n) is 13.0. The Morgan fingerprint density at radius 3 is 2.92 bits per heavy atom. The molecule has 1 amide bonds. The Morgan fingerprint density at radius 1 is 1.33 bits per heavy atom. The molecule has 0 radical (unpaired) electrons. The van der Waals surface area contributed by atoms with E-state index in [2.05, 4.69) is 0 Å². The first-order valence-electron chi connectivity index (χ1n) is 7.48. The summed E-state index contributed by atoms with van der Waals surface area (Å²) in [6.07, 6.45) is -0.123. The van der Waals surface area contributed by atoms with Gasteiger partial charge in [0.1, 0.15) is 17.6 Å². The minimum Gasteiger partial charge on any atom is -0.487 e. The lowest BCUT2D eigenvalue weighted by Crippen LogP contribution is -2.44. The molecule has 1 unspecified atom stereocenters. The van der Waals surface area contributed by atoms with Crippen molar-refractivity contribution >= 4 is 17.3 Å². The number of ether oxygens (including phenoxy) is 2. The smallest absolute Gasteiger partial charge is 0.273 e. The molecule has 3 rings (SSSR count). The van der Waals surface area contributed by atoms with Gasteiger partial charge >= 0.3 is 0 Å². The van der Waals surface area contributed by atoms with E-state index in [1.165, 1.54) is 18.2 Å². The Balaban J connectivity index is 1.72. The summed E-state index contributed by atoms with van der Waals surface area (Å²) in [5, 5.41) is 10.8. The highest BCUT2D eigenvalue weighted by Gasteiger charge is 2.27. The van der Waals surface area contributed by atoms with Gasteiger partial charge in [-0.1, -0.05) is 18.2 Å². The number of para-hydroxylation sites is 2. The largest absolute Gasteiger partial charge is 0.487 e. The SMILES string of the molecule is CC1CN(C(=O)COc2cccc([N+](=O)[O-])c2)c2ccccc2O1. The van der Waals surface area contributed by atoms with E-state index in [0.29, 0.717) is 18.0 Å². The molecule has 1 heterocycles. The van der Waals surface area contributed by atoms with Crippen LogP contribution < -0.4 is 14.4 Å². The molecule has 1 aliphatic rings. The van der Waals surface area contributed by atoms with Crippen LogP contribution in [-0.4, -0.2) is 30.1 Å². The van der Waals surface area contributed by atoms with Crippen molar-refractivity contribution < 1.29 is 19.2 Å². The van der Waals surface area contributed by atoms with Crippen LogP contribution in [0.4, 0.5) is 11.4 Å². The van der Waals surface area contributed by atoms with Gasteiger partial charge in [0.05, 0.1) is 23.2 Å². The fraction of sp³-hybridized carbons (Fsp3) is 0.235. The van der Waals surface area contributed by atoms with E-state index in [9.17, 15) is 14.9 Å². The first-order chi connectivity index (χ1) is 11.5. The van der Waals surface area contributed by atoms with E-state index >= 15 is 0 Å². The maximum absolute atomic E-state index is 12.5. The van der Waals surface area contributed by atoms with E-state index in [0.717, 1.165) is 0 Å². The van der Waals surface area contributed by atoms with Crippen LogP contribution in [0.1, 0.15) is 6.92 Å². The molecule has 24 heavy (non-hydrogen) atoms. The van der Waals surface area contributed by atoms with Crippen molar-refractivity contribution in [3.63, 3.8) is 0 Å². The van der Waals surface area contributed by atoms with Crippen LogP contribution in [-0.2, 0) is 4.79 Å². The Labute approximate surface area is 138 Å². The number of nitrogens with zero attached hydrogens (tertiary/aromatic N) is 2. The topological polar surface area (TPSA) is 81.9 Å². The number of amides is 1.